The first kappa shape index (κ1) is 19.1. The monoisotopic (exact) mass is 516 g/mol. The lowest BCUT2D eigenvalue weighted by molar-refractivity contribution is -0.162. The molecule has 0 unspecified atom stereocenters. The van der Waals surface area contributed by atoms with Gasteiger partial charge in [-0.25, -0.2) is 18.2 Å². The molecule has 0 bridgehead atoms. The molecule has 3 aliphatic rings. The van der Waals surface area contributed by atoms with Crippen LogP contribution in [0, 0.1) is 21.0 Å². The Balaban J connectivity index is 1.30. The van der Waals surface area contributed by atoms with E-state index in [1.807, 2.05) is 22.6 Å². The van der Waals surface area contributed by atoms with Gasteiger partial charge in [-0.1, -0.05) is 0 Å². The molecule has 3 heterocycles. The molecule has 1 aromatic heterocycles. The van der Waals surface area contributed by atoms with Crippen LogP contribution in [0.25, 0.3) is 0 Å². The summed E-state index contributed by atoms with van der Waals surface area (Å²) >= 11 is 1.86. The van der Waals surface area contributed by atoms with Crippen molar-refractivity contribution in [1.29, 1.82) is 0 Å². The van der Waals surface area contributed by atoms with Crippen LogP contribution in [-0.4, -0.2) is 33.7 Å². The highest BCUT2D eigenvalue weighted by molar-refractivity contribution is 14.1. The summed E-state index contributed by atoms with van der Waals surface area (Å²) in [5, 5.41) is 0. The normalized spacial score (nSPS) is 30.6. The summed E-state index contributed by atoms with van der Waals surface area (Å²) in [5.74, 6) is -1.61. The topological polar surface area (TPSA) is 51.7 Å². The molecule has 1 amide bonds. The van der Waals surface area contributed by atoms with Gasteiger partial charge >= 0.3 is 0 Å². The van der Waals surface area contributed by atoms with E-state index < -0.39 is 35.3 Å². The van der Waals surface area contributed by atoms with Crippen molar-refractivity contribution in [3.63, 3.8) is 0 Å². The maximum atomic E-state index is 13.6. The Morgan fingerprint density at radius 1 is 1.14 bits per heavy atom. The average molecular weight is 516 g/mol. The van der Waals surface area contributed by atoms with Crippen LogP contribution in [0.5, 0.6) is 5.88 Å². The SMILES string of the molecule is O=C1N2[C@@H](CC[C@H]2c2cc(F)cc(F)c2)OC12CC(Oc1cc(I)c(F)cn1)C2. The van der Waals surface area contributed by atoms with Gasteiger partial charge in [0.15, 0.2) is 11.4 Å². The minimum absolute atomic E-state index is 0.170. The lowest BCUT2D eigenvalue weighted by Gasteiger charge is -2.42. The van der Waals surface area contributed by atoms with Gasteiger partial charge in [0.25, 0.3) is 5.91 Å². The van der Waals surface area contributed by atoms with Crippen LogP contribution in [-0.2, 0) is 9.53 Å². The van der Waals surface area contributed by atoms with Gasteiger partial charge < -0.3 is 14.4 Å². The highest BCUT2D eigenvalue weighted by Crippen LogP contribution is 2.52. The van der Waals surface area contributed by atoms with Crippen molar-refractivity contribution in [2.45, 2.75) is 49.7 Å². The number of rotatable bonds is 3. The second-order valence-corrected chi connectivity index (χ2v) is 8.82. The van der Waals surface area contributed by atoms with Gasteiger partial charge in [0.05, 0.1) is 15.8 Å². The number of ether oxygens (including phenoxy) is 2. The minimum Gasteiger partial charge on any atom is -0.474 e. The molecule has 1 aromatic carbocycles. The van der Waals surface area contributed by atoms with E-state index >= 15 is 0 Å². The minimum atomic E-state index is -0.965. The lowest BCUT2D eigenvalue weighted by atomic mass is 9.76. The predicted octanol–water partition coefficient (Wildman–Crippen LogP) is 4.10. The van der Waals surface area contributed by atoms with Gasteiger partial charge in [0, 0.05) is 25.0 Å². The van der Waals surface area contributed by atoms with Crippen molar-refractivity contribution in [3.8, 4) is 5.88 Å². The van der Waals surface area contributed by atoms with Crippen LogP contribution in [0.1, 0.15) is 37.3 Å². The van der Waals surface area contributed by atoms with E-state index in [4.69, 9.17) is 9.47 Å². The molecule has 1 spiro atoms. The first-order valence-corrected chi connectivity index (χ1v) is 10.4. The highest BCUT2D eigenvalue weighted by atomic mass is 127. The highest BCUT2D eigenvalue weighted by Gasteiger charge is 2.63. The van der Waals surface area contributed by atoms with E-state index in [2.05, 4.69) is 4.98 Å². The molecule has 29 heavy (non-hydrogen) atoms. The summed E-state index contributed by atoms with van der Waals surface area (Å²) in [6.45, 7) is 0. The number of hydrogen-bond acceptors (Lipinski definition) is 4. The first-order valence-electron chi connectivity index (χ1n) is 9.29. The maximum absolute atomic E-state index is 13.6. The van der Waals surface area contributed by atoms with E-state index in [1.165, 1.54) is 18.2 Å². The standard InChI is InChI=1S/C20H16F3IN2O3/c21-11-3-10(4-12(22)5-11)16-1-2-18-26(16)19(27)20(29-18)7-13(8-20)28-17-6-15(24)14(23)9-25-17/h3-6,9,13,16,18H,1-2,7-8H2/t13?,16-,18+,20?/m0/s1. The van der Waals surface area contributed by atoms with Crippen LogP contribution in [0.15, 0.2) is 30.5 Å². The van der Waals surface area contributed by atoms with E-state index in [0.717, 1.165) is 12.3 Å². The summed E-state index contributed by atoms with van der Waals surface area (Å²) in [6, 6.07) is 4.45. The molecule has 152 valence electrons. The summed E-state index contributed by atoms with van der Waals surface area (Å²) in [4.78, 5) is 18.7. The Bertz CT molecular complexity index is 979. The Kier molecular flexibility index (Phi) is 4.50. The second kappa shape index (κ2) is 6.83. The number of pyridine rings is 1. The van der Waals surface area contributed by atoms with Crippen molar-refractivity contribution >= 4 is 28.5 Å². The molecule has 2 atom stereocenters. The Morgan fingerprint density at radius 3 is 2.55 bits per heavy atom. The maximum Gasteiger partial charge on any atom is 0.257 e. The van der Waals surface area contributed by atoms with Crippen LogP contribution >= 0.6 is 22.6 Å². The third-order valence-electron chi connectivity index (χ3n) is 5.77. The van der Waals surface area contributed by atoms with Gasteiger partial charge in [-0.3, -0.25) is 4.79 Å². The number of amides is 1. The number of halogens is 4. The quantitative estimate of drug-likeness (QED) is 0.577. The largest absolute Gasteiger partial charge is 0.474 e. The van der Waals surface area contributed by atoms with Crippen LogP contribution in [0.4, 0.5) is 13.2 Å². The predicted molar refractivity (Wildman–Crippen MR) is 103 cm³/mol. The summed E-state index contributed by atoms with van der Waals surface area (Å²) in [7, 11) is 0. The molecule has 3 fully saturated rings. The van der Waals surface area contributed by atoms with Crippen molar-refractivity contribution in [2.24, 2.45) is 0 Å². The van der Waals surface area contributed by atoms with Gasteiger partial charge in [0.1, 0.15) is 24.0 Å². The van der Waals surface area contributed by atoms with Gasteiger partial charge in [-0.2, -0.15) is 0 Å². The molecule has 2 saturated heterocycles. The van der Waals surface area contributed by atoms with Gasteiger partial charge in [-0.05, 0) is 53.1 Å². The molecule has 0 radical (unpaired) electrons. The fourth-order valence-corrected chi connectivity index (χ4v) is 4.88. The van der Waals surface area contributed by atoms with E-state index in [9.17, 15) is 18.0 Å². The molecule has 5 nitrogen and oxygen atoms in total. The van der Waals surface area contributed by atoms with Gasteiger partial charge in [0.2, 0.25) is 5.88 Å². The molecule has 2 aromatic rings. The molecular weight excluding hydrogens is 500 g/mol. The Hall–Kier alpha value is -1.88. The first-order chi connectivity index (χ1) is 13.8. The third kappa shape index (κ3) is 3.18. The number of carbonyl (C=O) groups excluding carboxylic acids is 1. The molecule has 2 aliphatic heterocycles. The fourth-order valence-electron chi connectivity index (χ4n) is 4.47. The van der Waals surface area contributed by atoms with Gasteiger partial charge in [-0.15, -0.1) is 0 Å². The molecule has 5 rings (SSSR count). The lowest BCUT2D eigenvalue weighted by Crippen LogP contribution is -2.56. The molecule has 1 saturated carbocycles. The second-order valence-electron chi connectivity index (χ2n) is 7.66. The number of nitrogens with zero attached hydrogens (tertiary/aromatic N) is 2. The zero-order valence-corrected chi connectivity index (χ0v) is 17.2. The number of hydrogen-bond donors (Lipinski definition) is 0. The zero-order chi connectivity index (χ0) is 20.3. The van der Waals surface area contributed by atoms with Crippen molar-refractivity contribution in [2.75, 3.05) is 0 Å². The van der Waals surface area contributed by atoms with E-state index in [0.29, 0.717) is 40.7 Å². The smallest absolute Gasteiger partial charge is 0.257 e. The molecular formula is C20H16F3IN2O3. The third-order valence-corrected chi connectivity index (χ3v) is 6.60. The van der Waals surface area contributed by atoms with Crippen molar-refractivity contribution < 1.29 is 27.4 Å². The summed E-state index contributed by atoms with van der Waals surface area (Å²) in [6.07, 6.45) is 2.36. The number of carbonyl (C=O) groups is 1. The number of fused-ring (bicyclic) bond motifs is 1. The fraction of sp³-hybridized carbons (Fsp3) is 0.400. The Morgan fingerprint density at radius 2 is 1.86 bits per heavy atom. The average Bonchev–Trinajstić information content (AvgIpc) is 3.16. The van der Waals surface area contributed by atoms with E-state index in [1.54, 1.807) is 4.90 Å². The van der Waals surface area contributed by atoms with Crippen LogP contribution < -0.4 is 4.74 Å². The van der Waals surface area contributed by atoms with E-state index in [-0.39, 0.29) is 12.0 Å². The summed E-state index contributed by atoms with van der Waals surface area (Å²) < 4.78 is 52.9. The van der Waals surface area contributed by atoms with Crippen LogP contribution in [0.2, 0.25) is 0 Å². The molecule has 0 N–H and O–H groups in total. The summed E-state index contributed by atoms with van der Waals surface area (Å²) in [5.41, 5.74) is -0.524. The van der Waals surface area contributed by atoms with Crippen molar-refractivity contribution in [1.82, 2.24) is 9.88 Å². The number of aromatic nitrogens is 1. The molecule has 1 aliphatic carbocycles. The zero-order valence-electron chi connectivity index (χ0n) is 15.1. The van der Waals surface area contributed by atoms with Crippen molar-refractivity contribution in [3.05, 3.63) is 57.0 Å². The van der Waals surface area contributed by atoms with Crippen LogP contribution in [0.3, 0.4) is 0 Å². The Labute approximate surface area is 178 Å². The molecule has 9 heteroatoms. The number of benzene rings is 1.